The summed E-state index contributed by atoms with van der Waals surface area (Å²) < 4.78 is 0. The molecule has 1 aromatic carbocycles. The lowest BCUT2D eigenvalue weighted by molar-refractivity contribution is -0.115. The van der Waals surface area contributed by atoms with Gasteiger partial charge in [-0.15, -0.1) is 22.7 Å². The fourth-order valence-electron chi connectivity index (χ4n) is 2.20. The van der Waals surface area contributed by atoms with Gasteiger partial charge in [-0.3, -0.25) is 4.79 Å². The lowest BCUT2D eigenvalue weighted by atomic mass is 10.1. The van der Waals surface area contributed by atoms with Crippen molar-refractivity contribution in [3.8, 4) is 0 Å². The van der Waals surface area contributed by atoms with Crippen LogP contribution in [0.15, 0.2) is 35.8 Å². The van der Waals surface area contributed by atoms with Gasteiger partial charge in [0, 0.05) is 27.9 Å². The van der Waals surface area contributed by atoms with E-state index in [0.29, 0.717) is 11.6 Å². The van der Waals surface area contributed by atoms with Gasteiger partial charge in [0.05, 0.1) is 17.1 Å². The quantitative estimate of drug-likeness (QED) is 0.683. The van der Waals surface area contributed by atoms with Gasteiger partial charge in [0.1, 0.15) is 0 Å². The van der Waals surface area contributed by atoms with Gasteiger partial charge in [-0.2, -0.15) is 0 Å². The molecule has 24 heavy (non-hydrogen) atoms. The predicted octanol–water partition coefficient (Wildman–Crippen LogP) is 4.59. The summed E-state index contributed by atoms with van der Waals surface area (Å²) in [7, 11) is 0. The van der Waals surface area contributed by atoms with Gasteiger partial charge in [-0.25, -0.2) is 9.97 Å². The van der Waals surface area contributed by atoms with Crippen molar-refractivity contribution in [3.05, 3.63) is 62.0 Å². The van der Waals surface area contributed by atoms with Gasteiger partial charge in [-0.05, 0) is 18.1 Å². The van der Waals surface area contributed by atoms with Gasteiger partial charge in [0.2, 0.25) is 5.91 Å². The Kier molecular flexibility index (Phi) is 5.60. The average Bonchev–Trinajstić information content (AvgIpc) is 3.19. The number of aryl methyl sites for hydroxylation is 1. The third kappa shape index (κ3) is 4.41. The minimum atomic E-state index is -0.0957. The molecule has 0 bridgehead atoms. The Balaban J connectivity index is 1.59. The van der Waals surface area contributed by atoms with Crippen molar-refractivity contribution in [1.82, 2.24) is 9.97 Å². The number of benzene rings is 1. The van der Waals surface area contributed by atoms with Crippen LogP contribution in [0.5, 0.6) is 0 Å². The number of aromatic nitrogens is 2. The summed E-state index contributed by atoms with van der Waals surface area (Å²) in [6.45, 7) is 2.05. The van der Waals surface area contributed by atoms with Crippen LogP contribution in [0.1, 0.15) is 28.1 Å². The zero-order valence-electron chi connectivity index (χ0n) is 13.1. The largest absolute Gasteiger partial charge is 0.302 e. The Morgan fingerprint density at radius 2 is 2.17 bits per heavy atom. The van der Waals surface area contributed by atoms with Crippen LogP contribution in [0.25, 0.3) is 0 Å². The first kappa shape index (κ1) is 17.1. The van der Waals surface area contributed by atoms with E-state index in [2.05, 4.69) is 22.2 Å². The van der Waals surface area contributed by atoms with Gasteiger partial charge in [-0.1, -0.05) is 36.7 Å². The minimum Gasteiger partial charge on any atom is -0.302 e. The number of anilines is 1. The molecule has 3 aromatic rings. The highest BCUT2D eigenvalue weighted by atomic mass is 35.5. The first-order valence-electron chi connectivity index (χ1n) is 7.55. The third-order valence-corrected chi connectivity index (χ3v) is 5.69. The van der Waals surface area contributed by atoms with E-state index < -0.39 is 0 Å². The van der Waals surface area contributed by atoms with Gasteiger partial charge >= 0.3 is 0 Å². The topological polar surface area (TPSA) is 54.9 Å². The zero-order chi connectivity index (χ0) is 16.9. The molecule has 124 valence electrons. The van der Waals surface area contributed by atoms with E-state index in [1.54, 1.807) is 17.5 Å². The molecule has 4 nitrogen and oxygen atoms in total. The number of hydrogen-bond donors (Lipinski definition) is 1. The lowest BCUT2D eigenvalue weighted by Gasteiger charge is -2.01. The summed E-state index contributed by atoms with van der Waals surface area (Å²) in [5.41, 5.74) is 1.86. The molecule has 7 heteroatoms. The summed E-state index contributed by atoms with van der Waals surface area (Å²) >= 11 is 9.23. The summed E-state index contributed by atoms with van der Waals surface area (Å²) in [6, 6.07) is 7.74. The maximum Gasteiger partial charge on any atom is 0.232 e. The maximum atomic E-state index is 12.1. The maximum absolute atomic E-state index is 12.1. The number of amides is 1. The average molecular weight is 378 g/mol. The van der Waals surface area contributed by atoms with Crippen LogP contribution in [-0.4, -0.2) is 15.9 Å². The van der Waals surface area contributed by atoms with Crippen molar-refractivity contribution in [2.75, 3.05) is 5.32 Å². The molecule has 1 amide bonds. The minimum absolute atomic E-state index is 0.0957. The van der Waals surface area contributed by atoms with E-state index in [1.807, 2.05) is 29.6 Å². The molecule has 0 atom stereocenters. The molecule has 0 radical (unpaired) electrons. The zero-order valence-corrected chi connectivity index (χ0v) is 15.5. The highest BCUT2D eigenvalue weighted by Gasteiger charge is 2.11. The molecule has 0 saturated heterocycles. The number of thiazole rings is 2. The lowest BCUT2D eigenvalue weighted by Crippen LogP contribution is -2.14. The molecule has 0 fully saturated rings. The number of carbonyl (C=O) groups excluding carboxylic acids is 1. The Labute approximate surface area is 153 Å². The van der Waals surface area contributed by atoms with Crippen LogP contribution in [0.4, 0.5) is 5.13 Å². The molecule has 3 rings (SSSR count). The van der Waals surface area contributed by atoms with E-state index in [9.17, 15) is 4.79 Å². The number of hydrogen-bond acceptors (Lipinski definition) is 5. The smallest absolute Gasteiger partial charge is 0.232 e. The van der Waals surface area contributed by atoms with Crippen molar-refractivity contribution in [3.63, 3.8) is 0 Å². The highest BCUT2D eigenvalue weighted by molar-refractivity contribution is 7.15. The second-order valence-corrected chi connectivity index (χ2v) is 7.68. The molecular weight excluding hydrogens is 362 g/mol. The fourth-order valence-corrected chi connectivity index (χ4v) is 4.00. The Bertz CT molecular complexity index is 844. The molecule has 2 aromatic heterocycles. The number of nitrogens with zero attached hydrogens (tertiary/aromatic N) is 2. The second-order valence-electron chi connectivity index (χ2n) is 5.21. The molecule has 0 aliphatic rings. The van der Waals surface area contributed by atoms with Crippen LogP contribution >= 0.6 is 34.3 Å². The standard InChI is InChI=1S/C17H16ClN3OS2/c1-2-16-20-12(10-23-16)8-15(22)21-17-19-9-13(24-17)7-11-5-3-4-6-14(11)18/h3-6,9-10H,2,7-8H2,1H3,(H,19,21,22). The first-order valence-corrected chi connectivity index (χ1v) is 9.62. The molecular formula is C17H16ClN3OS2. The summed E-state index contributed by atoms with van der Waals surface area (Å²) in [5.74, 6) is -0.0957. The molecule has 0 aliphatic carbocycles. The molecule has 1 N–H and O–H groups in total. The fraction of sp³-hybridized carbons (Fsp3) is 0.235. The number of rotatable bonds is 6. The summed E-state index contributed by atoms with van der Waals surface area (Å²) in [6.07, 6.45) is 3.65. The predicted molar refractivity (Wildman–Crippen MR) is 100 cm³/mol. The van der Waals surface area contributed by atoms with Gasteiger partial charge in [0.25, 0.3) is 0 Å². The van der Waals surface area contributed by atoms with Crippen molar-refractivity contribution in [1.29, 1.82) is 0 Å². The van der Waals surface area contributed by atoms with Crippen LogP contribution in [-0.2, 0) is 24.1 Å². The second kappa shape index (κ2) is 7.88. The SMILES string of the molecule is CCc1nc(CC(=O)Nc2ncc(Cc3ccccc3Cl)s2)cs1. The van der Waals surface area contributed by atoms with Crippen LogP contribution in [0.2, 0.25) is 5.02 Å². The molecule has 0 saturated carbocycles. The molecule has 2 heterocycles. The normalized spacial score (nSPS) is 10.8. The van der Waals surface area contributed by atoms with E-state index in [1.165, 1.54) is 11.3 Å². The summed E-state index contributed by atoms with van der Waals surface area (Å²) in [4.78, 5) is 21.8. The Hall–Kier alpha value is -1.76. The van der Waals surface area contributed by atoms with Crippen LogP contribution in [0.3, 0.4) is 0 Å². The van der Waals surface area contributed by atoms with E-state index in [4.69, 9.17) is 11.6 Å². The number of carbonyl (C=O) groups is 1. The monoisotopic (exact) mass is 377 g/mol. The number of halogens is 1. The number of nitrogens with one attached hydrogen (secondary N) is 1. The van der Waals surface area contributed by atoms with Gasteiger partial charge < -0.3 is 5.32 Å². The molecule has 0 spiro atoms. The summed E-state index contributed by atoms with van der Waals surface area (Å²) in [5, 5.41) is 7.17. The first-order chi connectivity index (χ1) is 11.6. The van der Waals surface area contributed by atoms with Crippen LogP contribution < -0.4 is 5.32 Å². The van der Waals surface area contributed by atoms with Gasteiger partial charge in [0.15, 0.2) is 5.13 Å². The third-order valence-electron chi connectivity index (χ3n) is 3.37. The van der Waals surface area contributed by atoms with Crippen molar-refractivity contribution in [2.24, 2.45) is 0 Å². The van der Waals surface area contributed by atoms with Crippen molar-refractivity contribution >= 4 is 45.3 Å². The molecule has 0 unspecified atom stereocenters. The van der Waals surface area contributed by atoms with Crippen LogP contribution in [0, 0.1) is 0 Å². The highest BCUT2D eigenvalue weighted by Crippen LogP contribution is 2.24. The van der Waals surface area contributed by atoms with E-state index in [-0.39, 0.29) is 12.3 Å². The van der Waals surface area contributed by atoms with Crippen molar-refractivity contribution in [2.45, 2.75) is 26.2 Å². The van der Waals surface area contributed by atoms with E-state index in [0.717, 1.165) is 32.6 Å². The Morgan fingerprint density at radius 1 is 1.33 bits per heavy atom. The van der Waals surface area contributed by atoms with E-state index >= 15 is 0 Å². The van der Waals surface area contributed by atoms with Crippen molar-refractivity contribution < 1.29 is 4.79 Å². The Morgan fingerprint density at radius 3 is 2.92 bits per heavy atom. The molecule has 0 aliphatic heterocycles.